The molecule has 3 aromatic rings. The van der Waals surface area contributed by atoms with Crippen molar-refractivity contribution in [2.24, 2.45) is 0 Å². The molecule has 0 saturated carbocycles. The van der Waals surface area contributed by atoms with Gasteiger partial charge in [0.1, 0.15) is 16.9 Å². The Bertz CT molecular complexity index is 950. The Labute approximate surface area is 145 Å². The van der Waals surface area contributed by atoms with Gasteiger partial charge in [0.2, 0.25) is 5.88 Å². The third-order valence-corrected chi connectivity index (χ3v) is 4.05. The standard InChI is InChI=1S/C17H21N5O3/c1-6-7-12-18-10(2)14-16(21(3)17(23)25-5)19-11-8-9-13(24-4)20-15(11)22(12)14/h8-9H,6-7H2,1-5H3. The van der Waals surface area contributed by atoms with Crippen molar-refractivity contribution in [1.29, 1.82) is 0 Å². The van der Waals surface area contributed by atoms with Crippen LogP contribution in [-0.4, -0.2) is 46.7 Å². The number of aryl methyl sites for hydroxylation is 2. The van der Waals surface area contributed by atoms with Gasteiger partial charge in [-0.3, -0.25) is 9.30 Å². The van der Waals surface area contributed by atoms with Crippen molar-refractivity contribution in [3.05, 3.63) is 23.7 Å². The molecule has 3 rings (SSSR count). The molecule has 0 bridgehead atoms. The lowest BCUT2D eigenvalue weighted by Gasteiger charge is -2.17. The van der Waals surface area contributed by atoms with Gasteiger partial charge in [0.05, 0.1) is 19.9 Å². The van der Waals surface area contributed by atoms with Gasteiger partial charge in [0, 0.05) is 19.5 Å². The molecule has 0 N–H and O–H groups in total. The summed E-state index contributed by atoms with van der Waals surface area (Å²) in [5.74, 6) is 1.86. The van der Waals surface area contributed by atoms with Gasteiger partial charge in [-0.15, -0.1) is 0 Å². The van der Waals surface area contributed by atoms with Gasteiger partial charge in [-0.1, -0.05) is 6.92 Å². The van der Waals surface area contributed by atoms with Crippen LogP contribution in [0.1, 0.15) is 24.9 Å². The fraction of sp³-hybridized carbons (Fsp3) is 0.412. The summed E-state index contributed by atoms with van der Waals surface area (Å²) < 4.78 is 12.1. The number of nitrogens with zero attached hydrogens (tertiary/aromatic N) is 5. The molecule has 0 radical (unpaired) electrons. The number of rotatable bonds is 4. The van der Waals surface area contributed by atoms with E-state index in [9.17, 15) is 4.79 Å². The number of ether oxygens (including phenoxy) is 2. The molecular formula is C17H21N5O3. The fourth-order valence-corrected chi connectivity index (χ4v) is 2.88. The minimum atomic E-state index is -0.493. The molecule has 1 amide bonds. The second kappa shape index (κ2) is 6.54. The van der Waals surface area contributed by atoms with Crippen LogP contribution in [0.4, 0.5) is 10.6 Å². The van der Waals surface area contributed by atoms with Crippen molar-refractivity contribution in [1.82, 2.24) is 19.4 Å². The minimum absolute atomic E-state index is 0.485. The molecule has 0 aromatic carbocycles. The van der Waals surface area contributed by atoms with Crippen molar-refractivity contribution in [3.8, 4) is 5.88 Å². The van der Waals surface area contributed by atoms with E-state index in [1.165, 1.54) is 12.0 Å². The predicted molar refractivity (Wildman–Crippen MR) is 94.4 cm³/mol. The molecule has 132 valence electrons. The van der Waals surface area contributed by atoms with Crippen LogP contribution in [0.5, 0.6) is 5.88 Å². The number of methoxy groups -OCH3 is 2. The van der Waals surface area contributed by atoms with Crippen LogP contribution in [0.2, 0.25) is 0 Å². The fourth-order valence-electron chi connectivity index (χ4n) is 2.88. The van der Waals surface area contributed by atoms with E-state index in [0.717, 1.165) is 29.9 Å². The summed E-state index contributed by atoms with van der Waals surface area (Å²) in [4.78, 5) is 27.3. The Hall–Kier alpha value is -2.90. The maximum absolute atomic E-state index is 12.0. The molecule has 0 fully saturated rings. The second-order valence-electron chi connectivity index (χ2n) is 5.71. The van der Waals surface area contributed by atoms with Gasteiger partial charge in [-0.05, 0) is 19.4 Å². The van der Waals surface area contributed by atoms with Crippen LogP contribution in [0.15, 0.2) is 12.1 Å². The van der Waals surface area contributed by atoms with Gasteiger partial charge < -0.3 is 9.47 Å². The molecule has 0 unspecified atom stereocenters. The Balaban J connectivity index is 2.42. The molecule has 8 heteroatoms. The summed E-state index contributed by atoms with van der Waals surface area (Å²) in [6, 6.07) is 3.56. The normalized spacial score (nSPS) is 11.1. The molecule has 0 aliphatic heterocycles. The van der Waals surface area contributed by atoms with Gasteiger partial charge in [-0.25, -0.2) is 14.8 Å². The maximum atomic E-state index is 12.0. The molecular weight excluding hydrogens is 322 g/mol. The van der Waals surface area contributed by atoms with E-state index in [0.29, 0.717) is 22.9 Å². The summed E-state index contributed by atoms with van der Waals surface area (Å²) in [5, 5.41) is 0. The van der Waals surface area contributed by atoms with Crippen LogP contribution in [-0.2, 0) is 11.2 Å². The third kappa shape index (κ3) is 2.73. The van der Waals surface area contributed by atoms with E-state index in [4.69, 9.17) is 9.47 Å². The number of fused-ring (bicyclic) bond motifs is 3. The molecule has 25 heavy (non-hydrogen) atoms. The van der Waals surface area contributed by atoms with E-state index in [2.05, 4.69) is 21.9 Å². The van der Waals surface area contributed by atoms with E-state index in [1.807, 2.05) is 17.4 Å². The third-order valence-electron chi connectivity index (χ3n) is 4.05. The number of aromatic nitrogens is 4. The lowest BCUT2D eigenvalue weighted by Crippen LogP contribution is -2.27. The van der Waals surface area contributed by atoms with E-state index < -0.39 is 6.09 Å². The molecule has 3 aromatic heterocycles. The van der Waals surface area contributed by atoms with Crippen LogP contribution >= 0.6 is 0 Å². The highest BCUT2D eigenvalue weighted by molar-refractivity contribution is 5.94. The quantitative estimate of drug-likeness (QED) is 0.724. The molecule has 3 heterocycles. The van der Waals surface area contributed by atoms with Gasteiger partial charge >= 0.3 is 6.09 Å². The zero-order valence-corrected chi connectivity index (χ0v) is 15.0. The highest BCUT2D eigenvalue weighted by atomic mass is 16.5. The molecule has 0 aliphatic carbocycles. The summed E-state index contributed by atoms with van der Waals surface area (Å²) in [6.07, 6.45) is 1.23. The van der Waals surface area contributed by atoms with E-state index >= 15 is 0 Å². The number of carbonyl (C=O) groups is 1. The maximum Gasteiger partial charge on any atom is 0.414 e. The molecule has 0 saturated heterocycles. The SMILES string of the molecule is CCCc1nc(C)c2c(N(C)C(=O)OC)nc3ccc(OC)nc3n12. The Morgan fingerprint density at radius 2 is 2.00 bits per heavy atom. The average molecular weight is 343 g/mol. The number of hydrogen-bond acceptors (Lipinski definition) is 6. The van der Waals surface area contributed by atoms with E-state index in [1.54, 1.807) is 20.2 Å². The predicted octanol–water partition coefficient (Wildman–Crippen LogP) is 2.75. The minimum Gasteiger partial charge on any atom is -0.481 e. The van der Waals surface area contributed by atoms with Crippen molar-refractivity contribution in [3.63, 3.8) is 0 Å². The van der Waals surface area contributed by atoms with Crippen molar-refractivity contribution >= 4 is 28.6 Å². The first kappa shape index (κ1) is 16.9. The lowest BCUT2D eigenvalue weighted by molar-refractivity contribution is 0.180. The molecule has 0 atom stereocenters. The van der Waals surface area contributed by atoms with Crippen molar-refractivity contribution in [2.45, 2.75) is 26.7 Å². The molecule has 8 nitrogen and oxygen atoms in total. The topological polar surface area (TPSA) is 81.9 Å². The summed E-state index contributed by atoms with van der Waals surface area (Å²) in [5.41, 5.74) is 2.83. The second-order valence-corrected chi connectivity index (χ2v) is 5.71. The van der Waals surface area contributed by atoms with Gasteiger partial charge in [-0.2, -0.15) is 4.98 Å². The number of anilines is 1. The van der Waals surface area contributed by atoms with Crippen molar-refractivity contribution < 1.29 is 14.3 Å². The van der Waals surface area contributed by atoms with Crippen LogP contribution < -0.4 is 9.64 Å². The highest BCUT2D eigenvalue weighted by Gasteiger charge is 2.23. The van der Waals surface area contributed by atoms with Gasteiger partial charge in [0.15, 0.2) is 11.5 Å². The number of imidazole rings is 1. The molecule has 0 aliphatic rings. The first-order valence-corrected chi connectivity index (χ1v) is 8.06. The first-order chi connectivity index (χ1) is 12.0. The summed E-state index contributed by atoms with van der Waals surface area (Å²) in [6.45, 7) is 3.99. The number of hydrogen-bond donors (Lipinski definition) is 0. The monoisotopic (exact) mass is 343 g/mol. The zero-order chi connectivity index (χ0) is 18.1. The number of amides is 1. The van der Waals surface area contributed by atoms with Crippen LogP contribution in [0.3, 0.4) is 0 Å². The smallest absolute Gasteiger partial charge is 0.414 e. The Morgan fingerprint density at radius 1 is 1.24 bits per heavy atom. The zero-order valence-electron chi connectivity index (χ0n) is 15.0. The van der Waals surface area contributed by atoms with Crippen LogP contribution in [0, 0.1) is 6.92 Å². The first-order valence-electron chi connectivity index (χ1n) is 8.06. The van der Waals surface area contributed by atoms with Gasteiger partial charge in [0.25, 0.3) is 0 Å². The molecule has 0 spiro atoms. The Morgan fingerprint density at radius 3 is 2.64 bits per heavy atom. The number of pyridine rings is 1. The van der Waals surface area contributed by atoms with E-state index in [-0.39, 0.29) is 0 Å². The average Bonchev–Trinajstić information content (AvgIpc) is 2.96. The van der Waals surface area contributed by atoms with Crippen LogP contribution in [0.25, 0.3) is 16.7 Å². The Kier molecular flexibility index (Phi) is 4.43. The summed E-state index contributed by atoms with van der Waals surface area (Å²) in [7, 11) is 4.54. The summed E-state index contributed by atoms with van der Waals surface area (Å²) >= 11 is 0. The van der Waals surface area contributed by atoms with Crippen molar-refractivity contribution in [2.75, 3.05) is 26.2 Å². The lowest BCUT2D eigenvalue weighted by atomic mass is 10.3. The number of carbonyl (C=O) groups excluding carboxylic acids is 1. The highest BCUT2D eigenvalue weighted by Crippen LogP contribution is 2.29. The largest absolute Gasteiger partial charge is 0.481 e.